The maximum atomic E-state index is 9.16. The number of hydrogen-bond acceptors (Lipinski definition) is 3. The minimum atomic E-state index is 0.114. The standard InChI is InChI=1S/C12H8N2O/c15-12-7-10(8-13-9-12)4-5-11-3-1-2-6-14-11/h1-3,6-9,15H. The fraction of sp³-hybridized carbons (Fsp3) is 0. The van der Waals surface area contributed by atoms with Crippen molar-refractivity contribution in [3.63, 3.8) is 0 Å². The van der Waals surface area contributed by atoms with E-state index in [2.05, 4.69) is 21.8 Å². The first kappa shape index (κ1) is 9.22. The lowest BCUT2D eigenvalue weighted by atomic mass is 10.2. The van der Waals surface area contributed by atoms with Crippen molar-refractivity contribution in [2.24, 2.45) is 0 Å². The lowest BCUT2D eigenvalue weighted by Gasteiger charge is -1.90. The number of rotatable bonds is 0. The third kappa shape index (κ3) is 2.55. The van der Waals surface area contributed by atoms with Gasteiger partial charge in [0, 0.05) is 18.0 Å². The first-order valence-corrected chi connectivity index (χ1v) is 4.42. The normalized spacial score (nSPS) is 9.07. The Bertz CT molecular complexity index is 512. The van der Waals surface area contributed by atoms with Crippen LogP contribution in [0.4, 0.5) is 0 Å². The summed E-state index contributed by atoms with van der Waals surface area (Å²) in [5, 5.41) is 9.16. The molecule has 0 fully saturated rings. The molecule has 0 bridgehead atoms. The molecule has 2 heterocycles. The zero-order valence-electron chi connectivity index (χ0n) is 7.88. The average Bonchev–Trinajstić information content (AvgIpc) is 2.28. The van der Waals surface area contributed by atoms with Crippen LogP contribution < -0.4 is 0 Å². The van der Waals surface area contributed by atoms with Gasteiger partial charge in [-0.1, -0.05) is 12.0 Å². The highest BCUT2D eigenvalue weighted by molar-refractivity contribution is 5.40. The van der Waals surface area contributed by atoms with E-state index in [4.69, 9.17) is 5.11 Å². The van der Waals surface area contributed by atoms with Crippen LogP contribution in [0.1, 0.15) is 11.3 Å². The molecule has 0 saturated carbocycles. The quantitative estimate of drug-likeness (QED) is 0.651. The second-order valence-corrected chi connectivity index (χ2v) is 2.90. The van der Waals surface area contributed by atoms with Gasteiger partial charge in [-0.25, -0.2) is 4.98 Å². The van der Waals surface area contributed by atoms with Crippen LogP contribution in [-0.4, -0.2) is 15.1 Å². The van der Waals surface area contributed by atoms with E-state index in [1.54, 1.807) is 18.5 Å². The summed E-state index contributed by atoms with van der Waals surface area (Å²) in [7, 11) is 0. The summed E-state index contributed by atoms with van der Waals surface area (Å²) in [6.07, 6.45) is 4.65. The van der Waals surface area contributed by atoms with Crippen molar-refractivity contribution >= 4 is 0 Å². The van der Waals surface area contributed by atoms with Crippen molar-refractivity contribution in [1.82, 2.24) is 9.97 Å². The molecule has 3 heteroatoms. The molecular formula is C12H8N2O. The van der Waals surface area contributed by atoms with Crippen molar-refractivity contribution in [3.8, 4) is 17.6 Å². The highest BCUT2D eigenvalue weighted by Gasteiger charge is 1.90. The minimum absolute atomic E-state index is 0.114. The number of aromatic nitrogens is 2. The molecule has 0 spiro atoms. The second kappa shape index (κ2) is 4.25. The Morgan fingerprint density at radius 2 is 2.07 bits per heavy atom. The fourth-order valence-electron chi connectivity index (χ4n) is 1.07. The Hall–Kier alpha value is -2.34. The predicted octanol–water partition coefficient (Wildman–Crippen LogP) is 1.58. The first-order chi connectivity index (χ1) is 7.34. The third-order valence-electron chi connectivity index (χ3n) is 1.72. The van der Waals surface area contributed by atoms with Gasteiger partial charge in [-0.3, -0.25) is 4.98 Å². The largest absolute Gasteiger partial charge is 0.506 e. The van der Waals surface area contributed by atoms with Gasteiger partial charge in [-0.2, -0.15) is 0 Å². The van der Waals surface area contributed by atoms with E-state index >= 15 is 0 Å². The zero-order valence-corrected chi connectivity index (χ0v) is 7.88. The lowest BCUT2D eigenvalue weighted by Crippen LogP contribution is -1.80. The first-order valence-electron chi connectivity index (χ1n) is 4.42. The van der Waals surface area contributed by atoms with Crippen LogP contribution >= 0.6 is 0 Å². The molecule has 0 radical (unpaired) electrons. The molecule has 3 nitrogen and oxygen atoms in total. The molecule has 0 aliphatic rings. The van der Waals surface area contributed by atoms with Crippen molar-refractivity contribution in [3.05, 3.63) is 54.1 Å². The molecule has 0 saturated heterocycles. The van der Waals surface area contributed by atoms with Gasteiger partial charge in [0.05, 0.1) is 6.20 Å². The highest BCUT2D eigenvalue weighted by Crippen LogP contribution is 2.06. The maximum Gasteiger partial charge on any atom is 0.135 e. The Balaban J connectivity index is 2.26. The van der Waals surface area contributed by atoms with Crippen LogP contribution in [0.25, 0.3) is 0 Å². The van der Waals surface area contributed by atoms with Gasteiger partial charge in [-0.15, -0.1) is 0 Å². The van der Waals surface area contributed by atoms with E-state index in [0.29, 0.717) is 11.3 Å². The SMILES string of the molecule is Oc1cncc(C#Cc2ccccn2)c1. The van der Waals surface area contributed by atoms with E-state index < -0.39 is 0 Å². The summed E-state index contributed by atoms with van der Waals surface area (Å²) in [6, 6.07) is 7.09. The number of hydrogen-bond donors (Lipinski definition) is 1. The van der Waals surface area contributed by atoms with E-state index in [1.807, 2.05) is 18.2 Å². The number of aromatic hydroxyl groups is 1. The summed E-state index contributed by atoms with van der Waals surface area (Å²) >= 11 is 0. The highest BCUT2D eigenvalue weighted by atomic mass is 16.3. The molecule has 72 valence electrons. The fourth-order valence-corrected chi connectivity index (χ4v) is 1.07. The molecule has 0 atom stereocenters. The topological polar surface area (TPSA) is 46.0 Å². The summed E-state index contributed by atoms with van der Waals surface area (Å²) in [5.74, 6) is 5.86. The Morgan fingerprint density at radius 1 is 1.13 bits per heavy atom. The van der Waals surface area contributed by atoms with Crippen LogP contribution in [0.15, 0.2) is 42.9 Å². The Labute approximate surface area is 87.5 Å². The Morgan fingerprint density at radius 3 is 2.80 bits per heavy atom. The molecule has 0 aliphatic heterocycles. The van der Waals surface area contributed by atoms with E-state index in [1.165, 1.54) is 6.20 Å². The summed E-state index contributed by atoms with van der Waals surface area (Å²) in [4.78, 5) is 7.88. The van der Waals surface area contributed by atoms with Crippen LogP contribution in [0, 0.1) is 11.8 Å². The predicted molar refractivity (Wildman–Crippen MR) is 56.1 cm³/mol. The summed E-state index contributed by atoms with van der Waals surface area (Å²) in [6.45, 7) is 0. The Kier molecular flexibility index (Phi) is 2.61. The molecule has 0 unspecified atom stereocenters. The molecular weight excluding hydrogens is 188 g/mol. The van der Waals surface area contributed by atoms with E-state index in [-0.39, 0.29) is 5.75 Å². The van der Waals surface area contributed by atoms with Crippen LogP contribution in [0.5, 0.6) is 5.75 Å². The van der Waals surface area contributed by atoms with Crippen molar-refractivity contribution in [2.75, 3.05) is 0 Å². The van der Waals surface area contributed by atoms with Crippen LogP contribution in [0.3, 0.4) is 0 Å². The molecule has 0 amide bonds. The molecule has 0 aliphatic carbocycles. The molecule has 0 aromatic carbocycles. The third-order valence-corrected chi connectivity index (χ3v) is 1.72. The smallest absolute Gasteiger partial charge is 0.135 e. The molecule has 2 aromatic heterocycles. The minimum Gasteiger partial charge on any atom is -0.506 e. The number of pyridine rings is 2. The van der Waals surface area contributed by atoms with Gasteiger partial charge < -0.3 is 5.11 Å². The molecule has 1 N–H and O–H groups in total. The van der Waals surface area contributed by atoms with Crippen LogP contribution in [0.2, 0.25) is 0 Å². The van der Waals surface area contributed by atoms with Gasteiger partial charge in [0.2, 0.25) is 0 Å². The van der Waals surface area contributed by atoms with Gasteiger partial charge in [-0.05, 0) is 24.1 Å². The van der Waals surface area contributed by atoms with Gasteiger partial charge >= 0.3 is 0 Å². The monoisotopic (exact) mass is 196 g/mol. The summed E-state index contributed by atoms with van der Waals surface area (Å²) < 4.78 is 0. The maximum absolute atomic E-state index is 9.16. The second-order valence-electron chi connectivity index (χ2n) is 2.90. The molecule has 15 heavy (non-hydrogen) atoms. The molecule has 2 aromatic rings. The average molecular weight is 196 g/mol. The van der Waals surface area contributed by atoms with Crippen molar-refractivity contribution in [1.29, 1.82) is 0 Å². The van der Waals surface area contributed by atoms with Gasteiger partial charge in [0.15, 0.2) is 0 Å². The van der Waals surface area contributed by atoms with Gasteiger partial charge in [0.25, 0.3) is 0 Å². The zero-order chi connectivity index (χ0) is 10.5. The van der Waals surface area contributed by atoms with Gasteiger partial charge in [0.1, 0.15) is 11.4 Å². The molecule has 2 rings (SSSR count). The summed E-state index contributed by atoms with van der Waals surface area (Å²) in [5.41, 5.74) is 1.36. The van der Waals surface area contributed by atoms with E-state index in [0.717, 1.165) is 0 Å². The van der Waals surface area contributed by atoms with E-state index in [9.17, 15) is 0 Å². The van der Waals surface area contributed by atoms with Crippen molar-refractivity contribution in [2.45, 2.75) is 0 Å². The lowest BCUT2D eigenvalue weighted by molar-refractivity contribution is 0.472. The number of nitrogens with zero attached hydrogens (tertiary/aromatic N) is 2. The van der Waals surface area contributed by atoms with Crippen molar-refractivity contribution < 1.29 is 5.11 Å². The van der Waals surface area contributed by atoms with Crippen LogP contribution in [-0.2, 0) is 0 Å².